The molecule has 1 amide bonds. The summed E-state index contributed by atoms with van der Waals surface area (Å²) in [5.41, 5.74) is 1.16. The maximum atomic E-state index is 13.3. The molecule has 1 spiro atoms. The molecule has 1 saturated heterocycles. The first-order valence-electron chi connectivity index (χ1n) is 9.42. The lowest BCUT2D eigenvalue weighted by molar-refractivity contribution is -0.256. The number of benzene rings is 2. The van der Waals surface area contributed by atoms with E-state index in [9.17, 15) is 4.79 Å². The number of anilines is 1. The van der Waals surface area contributed by atoms with Gasteiger partial charge in [0.05, 0.1) is 42.7 Å². The number of nitrogens with zero attached hydrogens (tertiary/aromatic N) is 1. The van der Waals surface area contributed by atoms with Crippen LogP contribution in [0.2, 0.25) is 10.0 Å². The molecule has 2 aliphatic heterocycles. The van der Waals surface area contributed by atoms with Crippen LogP contribution in [0.25, 0.3) is 0 Å². The van der Waals surface area contributed by atoms with Crippen LogP contribution in [0.3, 0.4) is 0 Å². The predicted octanol–water partition coefficient (Wildman–Crippen LogP) is 4.41. The van der Waals surface area contributed by atoms with Gasteiger partial charge < -0.3 is 23.8 Å². The molecule has 4 rings (SSSR count). The highest BCUT2D eigenvalue weighted by atomic mass is 35.5. The zero-order chi connectivity index (χ0) is 20.4. The van der Waals surface area contributed by atoms with E-state index in [0.29, 0.717) is 54.1 Å². The molecule has 0 saturated carbocycles. The molecule has 0 aromatic heterocycles. The number of halogens is 2. The van der Waals surface area contributed by atoms with E-state index in [4.69, 9.17) is 42.1 Å². The van der Waals surface area contributed by atoms with Gasteiger partial charge in [-0.2, -0.15) is 0 Å². The van der Waals surface area contributed by atoms with Crippen molar-refractivity contribution < 1.29 is 23.7 Å². The average molecular weight is 438 g/mol. The Balaban J connectivity index is 1.48. The first-order valence-corrected chi connectivity index (χ1v) is 10.2. The SMILES string of the molecule is COc1ccc(OCCCN2C(=O)C3(OCCCO3)c3ccc(Cl)c(Cl)c32)cc1. The number of ether oxygens (including phenoxy) is 4. The monoisotopic (exact) mass is 437 g/mol. The number of fused-ring (bicyclic) bond motifs is 2. The van der Waals surface area contributed by atoms with Crippen LogP contribution in [0.1, 0.15) is 18.4 Å². The van der Waals surface area contributed by atoms with Crippen LogP contribution in [0.4, 0.5) is 5.69 Å². The maximum Gasteiger partial charge on any atom is 0.292 e. The number of hydrogen-bond acceptors (Lipinski definition) is 5. The third-order valence-electron chi connectivity index (χ3n) is 4.97. The summed E-state index contributed by atoms with van der Waals surface area (Å²) in [6.07, 6.45) is 1.33. The fourth-order valence-electron chi connectivity index (χ4n) is 3.57. The van der Waals surface area contributed by atoms with Gasteiger partial charge in [0.15, 0.2) is 0 Å². The summed E-state index contributed by atoms with van der Waals surface area (Å²) in [5.74, 6) is -0.212. The Labute approximate surface area is 179 Å². The second-order valence-corrected chi connectivity index (χ2v) is 7.54. The molecule has 29 heavy (non-hydrogen) atoms. The van der Waals surface area contributed by atoms with E-state index in [1.165, 1.54) is 0 Å². The summed E-state index contributed by atoms with van der Waals surface area (Å²) in [6, 6.07) is 10.8. The van der Waals surface area contributed by atoms with Gasteiger partial charge in [-0.15, -0.1) is 0 Å². The maximum absolute atomic E-state index is 13.3. The Hall–Kier alpha value is -1.99. The molecule has 0 bridgehead atoms. The van der Waals surface area contributed by atoms with Crippen LogP contribution in [0, 0.1) is 0 Å². The highest BCUT2D eigenvalue weighted by molar-refractivity contribution is 6.44. The summed E-state index contributed by atoms with van der Waals surface area (Å²) in [7, 11) is 1.62. The molecular weight excluding hydrogens is 417 g/mol. The quantitative estimate of drug-likeness (QED) is 0.626. The van der Waals surface area contributed by atoms with Crippen molar-refractivity contribution in [2.24, 2.45) is 0 Å². The van der Waals surface area contributed by atoms with E-state index in [1.807, 2.05) is 24.3 Å². The molecule has 0 unspecified atom stereocenters. The molecule has 2 aromatic carbocycles. The molecular formula is C21H21Cl2NO5. The summed E-state index contributed by atoms with van der Waals surface area (Å²) >= 11 is 12.7. The van der Waals surface area contributed by atoms with Gasteiger partial charge in [-0.3, -0.25) is 4.79 Å². The zero-order valence-corrected chi connectivity index (χ0v) is 17.5. The first-order chi connectivity index (χ1) is 14.1. The van der Waals surface area contributed by atoms with E-state index in [-0.39, 0.29) is 5.91 Å². The number of rotatable bonds is 6. The van der Waals surface area contributed by atoms with Crippen molar-refractivity contribution in [3.8, 4) is 11.5 Å². The van der Waals surface area contributed by atoms with Crippen molar-refractivity contribution in [2.45, 2.75) is 18.6 Å². The minimum Gasteiger partial charge on any atom is -0.497 e. The molecule has 0 atom stereocenters. The standard InChI is InChI=1S/C21H21Cl2NO5/c1-26-14-4-6-15(7-5-14)27-11-2-10-24-19-16(8-9-17(22)18(19)23)21(20(24)25)28-12-3-13-29-21/h4-9H,2-3,10-13H2,1H3. The number of carbonyl (C=O) groups is 1. The minimum absolute atomic E-state index is 0.277. The van der Waals surface area contributed by atoms with Crippen LogP contribution >= 0.6 is 23.2 Å². The van der Waals surface area contributed by atoms with Crippen LogP contribution in [0.15, 0.2) is 36.4 Å². The zero-order valence-electron chi connectivity index (χ0n) is 16.0. The first kappa shape index (κ1) is 20.3. The van der Waals surface area contributed by atoms with Crippen molar-refractivity contribution in [1.82, 2.24) is 0 Å². The van der Waals surface area contributed by atoms with Crippen LogP contribution in [-0.2, 0) is 20.1 Å². The summed E-state index contributed by atoms with van der Waals surface area (Å²) in [5, 5.41) is 0.703. The van der Waals surface area contributed by atoms with Crippen LogP contribution in [0.5, 0.6) is 11.5 Å². The lowest BCUT2D eigenvalue weighted by Gasteiger charge is -2.32. The van der Waals surface area contributed by atoms with Gasteiger partial charge in [-0.1, -0.05) is 23.2 Å². The van der Waals surface area contributed by atoms with Crippen molar-refractivity contribution in [1.29, 1.82) is 0 Å². The van der Waals surface area contributed by atoms with E-state index < -0.39 is 5.79 Å². The van der Waals surface area contributed by atoms with Crippen molar-refractivity contribution in [2.75, 3.05) is 38.4 Å². The van der Waals surface area contributed by atoms with Gasteiger partial charge in [0.2, 0.25) is 0 Å². The molecule has 6 nitrogen and oxygen atoms in total. The Kier molecular flexibility index (Phi) is 5.88. The third-order valence-corrected chi connectivity index (χ3v) is 5.77. The Morgan fingerprint density at radius 2 is 1.76 bits per heavy atom. The Morgan fingerprint density at radius 3 is 2.45 bits per heavy atom. The number of carbonyl (C=O) groups excluding carboxylic acids is 1. The van der Waals surface area contributed by atoms with Gasteiger partial charge in [0, 0.05) is 12.1 Å². The molecule has 2 aromatic rings. The fraction of sp³-hybridized carbons (Fsp3) is 0.381. The molecule has 0 aliphatic carbocycles. The molecule has 8 heteroatoms. The van der Waals surface area contributed by atoms with E-state index >= 15 is 0 Å². The highest BCUT2D eigenvalue weighted by Gasteiger charge is 2.55. The summed E-state index contributed by atoms with van der Waals surface area (Å²) in [6.45, 7) is 1.72. The van der Waals surface area contributed by atoms with Crippen molar-refractivity contribution >= 4 is 34.8 Å². The second-order valence-electron chi connectivity index (χ2n) is 6.76. The normalized spacial score (nSPS) is 17.5. The fourth-order valence-corrected chi connectivity index (χ4v) is 3.99. The minimum atomic E-state index is -1.43. The molecule has 1 fully saturated rings. The smallest absolute Gasteiger partial charge is 0.292 e. The van der Waals surface area contributed by atoms with E-state index in [2.05, 4.69) is 0 Å². The highest BCUT2D eigenvalue weighted by Crippen LogP contribution is 2.50. The predicted molar refractivity (Wildman–Crippen MR) is 110 cm³/mol. The second kappa shape index (κ2) is 8.40. The van der Waals surface area contributed by atoms with Gasteiger partial charge in [-0.05, 0) is 49.2 Å². The van der Waals surface area contributed by atoms with Crippen molar-refractivity contribution in [3.63, 3.8) is 0 Å². The third kappa shape index (κ3) is 3.66. The summed E-state index contributed by atoms with van der Waals surface area (Å²) in [4.78, 5) is 14.8. The van der Waals surface area contributed by atoms with Crippen LogP contribution in [-0.4, -0.2) is 39.4 Å². The van der Waals surface area contributed by atoms with Crippen molar-refractivity contribution in [3.05, 3.63) is 52.0 Å². The van der Waals surface area contributed by atoms with E-state index in [1.54, 1.807) is 24.1 Å². The molecule has 2 heterocycles. The molecule has 0 radical (unpaired) electrons. The topological polar surface area (TPSA) is 57.2 Å². The van der Waals surface area contributed by atoms with Crippen LogP contribution < -0.4 is 14.4 Å². The average Bonchev–Trinajstić information content (AvgIpc) is 2.97. The Bertz CT molecular complexity index is 897. The molecule has 0 N–H and O–H groups in total. The summed E-state index contributed by atoms with van der Waals surface area (Å²) < 4.78 is 22.6. The van der Waals surface area contributed by atoms with Gasteiger partial charge in [-0.25, -0.2) is 0 Å². The number of hydrogen-bond donors (Lipinski definition) is 0. The largest absolute Gasteiger partial charge is 0.497 e. The lowest BCUT2D eigenvalue weighted by Crippen LogP contribution is -2.47. The molecule has 154 valence electrons. The van der Waals surface area contributed by atoms with Gasteiger partial charge >= 0.3 is 0 Å². The lowest BCUT2D eigenvalue weighted by atomic mass is 10.1. The number of amides is 1. The van der Waals surface area contributed by atoms with E-state index in [0.717, 1.165) is 17.9 Å². The molecule has 2 aliphatic rings. The Morgan fingerprint density at radius 1 is 1.07 bits per heavy atom. The van der Waals surface area contributed by atoms with Gasteiger partial charge in [0.25, 0.3) is 11.7 Å². The van der Waals surface area contributed by atoms with Gasteiger partial charge in [0.1, 0.15) is 11.5 Å². The number of methoxy groups -OCH3 is 1.